The van der Waals surface area contributed by atoms with Gasteiger partial charge in [0.2, 0.25) is 0 Å². The van der Waals surface area contributed by atoms with Crippen LogP contribution in [0.3, 0.4) is 0 Å². The van der Waals surface area contributed by atoms with E-state index in [2.05, 4.69) is 29.5 Å². The maximum atomic E-state index is 10.5. The Morgan fingerprint density at radius 1 is 1.89 bits per heavy atom. The lowest BCUT2D eigenvalue weighted by molar-refractivity contribution is -0.141. The Morgan fingerprint density at radius 2 is 2.56 bits per heavy atom. The number of esters is 1. The molecule has 1 heterocycles. The summed E-state index contributed by atoms with van der Waals surface area (Å²) in [6.45, 7) is 2.06. The number of alkyl halides is 1. The summed E-state index contributed by atoms with van der Waals surface area (Å²) < 4.78 is 5.43. The molecule has 0 bridgehead atoms. The van der Waals surface area contributed by atoms with Gasteiger partial charge < -0.3 is 4.74 Å². The summed E-state index contributed by atoms with van der Waals surface area (Å²) in [7, 11) is 0. The highest BCUT2D eigenvalue weighted by Crippen LogP contribution is 2.21. The largest absolute Gasteiger partial charge is 0.461 e. The first-order valence-electron chi connectivity index (χ1n) is 3.03. The van der Waals surface area contributed by atoms with Crippen molar-refractivity contribution in [2.24, 2.45) is 0 Å². The van der Waals surface area contributed by atoms with Gasteiger partial charge >= 0.3 is 5.97 Å². The van der Waals surface area contributed by atoms with Gasteiger partial charge in [-0.1, -0.05) is 22.6 Å². The van der Waals surface area contributed by atoms with E-state index < -0.39 is 0 Å². The second-order valence-corrected chi connectivity index (χ2v) is 4.21. The van der Waals surface area contributed by atoms with Crippen LogP contribution in [-0.4, -0.2) is 16.0 Å². The number of halogens is 1. The highest BCUT2D eigenvalue weighted by Gasteiger charge is 2.26. The minimum atomic E-state index is -0.0384. The highest BCUT2D eigenvalue weighted by atomic mass is 127. The summed E-state index contributed by atoms with van der Waals surface area (Å²) >= 11 is 2.28. The Balaban J connectivity index is 2.39. The summed E-state index contributed by atoms with van der Waals surface area (Å²) in [5.74, 6) is -0.0384. The van der Waals surface area contributed by atoms with Gasteiger partial charge in [0.15, 0.2) is 0 Å². The van der Waals surface area contributed by atoms with E-state index in [-0.39, 0.29) is 12.1 Å². The molecule has 0 aliphatic carbocycles. The predicted molar refractivity (Wildman–Crippen MR) is 42.6 cm³/mol. The van der Waals surface area contributed by atoms with Gasteiger partial charge in [-0.3, -0.25) is 4.79 Å². The quantitative estimate of drug-likeness (QED) is 0.394. The fraction of sp³-hybridized carbons (Fsp3) is 0.833. The van der Waals surface area contributed by atoms with Crippen LogP contribution in [0.2, 0.25) is 0 Å². The lowest BCUT2D eigenvalue weighted by Crippen LogP contribution is -2.16. The normalized spacial score (nSPS) is 30.0. The summed E-state index contributed by atoms with van der Waals surface area (Å²) in [5.41, 5.74) is 0. The molecule has 2 atom stereocenters. The first-order valence-corrected chi connectivity index (χ1v) is 4.28. The van der Waals surface area contributed by atoms with Crippen LogP contribution in [0, 0.1) is 0 Å². The van der Waals surface area contributed by atoms with Crippen molar-refractivity contribution in [1.82, 2.24) is 0 Å². The monoisotopic (exact) mass is 240 g/mol. The van der Waals surface area contributed by atoms with Gasteiger partial charge in [-0.05, 0) is 13.3 Å². The van der Waals surface area contributed by atoms with Crippen LogP contribution in [0.1, 0.15) is 19.8 Å². The standard InChI is InChI=1S/C6H9IO2/c1-4(7)5-2-3-6(8)9-5/h4-5H,2-3H2,1H3. The van der Waals surface area contributed by atoms with Crippen LogP contribution >= 0.6 is 22.6 Å². The molecular weight excluding hydrogens is 231 g/mol. The number of carbonyl (C=O) groups excluding carboxylic acids is 1. The molecule has 0 aromatic carbocycles. The lowest BCUT2D eigenvalue weighted by Gasteiger charge is -2.09. The van der Waals surface area contributed by atoms with Crippen molar-refractivity contribution in [3.8, 4) is 0 Å². The number of ether oxygens (including phenoxy) is 1. The van der Waals surface area contributed by atoms with Crippen LogP contribution in [0.25, 0.3) is 0 Å². The molecule has 1 aliphatic heterocycles. The van der Waals surface area contributed by atoms with Gasteiger partial charge in [0.05, 0.1) is 0 Å². The third-order valence-electron chi connectivity index (χ3n) is 1.43. The second-order valence-electron chi connectivity index (χ2n) is 2.24. The van der Waals surface area contributed by atoms with Crippen LogP contribution < -0.4 is 0 Å². The Bertz CT molecular complexity index is 122. The Morgan fingerprint density at radius 3 is 2.78 bits per heavy atom. The fourth-order valence-corrected chi connectivity index (χ4v) is 1.38. The lowest BCUT2D eigenvalue weighted by atomic mass is 10.2. The molecular formula is C6H9IO2. The minimum Gasteiger partial charge on any atom is -0.461 e. The molecule has 0 radical (unpaired) electrons. The molecule has 0 aromatic heterocycles. The van der Waals surface area contributed by atoms with Gasteiger partial charge in [0, 0.05) is 10.3 Å². The van der Waals surface area contributed by atoms with E-state index in [9.17, 15) is 4.79 Å². The van der Waals surface area contributed by atoms with E-state index in [0.717, 1.165) is 6.42 Å². The van der Waals surface area contributed by atoms with E-state index in [0.29, 0.717) is 10.3 Å². The summed E-state index contributed by atoms with van der Waals surface area (Å²) in [4.78, 5) is 10.5. The van der Waals surface area contributed by atoms with Crippen molar-refractivity contribution in [3.63, 3.8) is 0 Å². The van der Waals surface area contributed by atoms with Gasteiger partial charge in [-0.25, -0.2) is 0 Å². The third kappa shape index (κ3) is 1.81. The topological polar surface area (TPSA) is 26.3 Å². The number of rotatable bonds is 1. The summed E-state index contributed by atoms with van der Waals surface area (Å²) in [6.07, 6.45) is 1.69. The number of hydrogen-bond acceptors (Lipinski definition) is 2. The molecule has 0 amide bonds. The maximum Gasteiger partial charge on any atom is 0.306 e. The smallest absolute Gasteiger partial charge is 0.306 e. The van der Waals surface area contributed by atoms with Crippen molar-refractivity contribution in [3.05, 3.63) is 0 Å². The molecule has 1 aliphatic rings. The number of carbonyl (C=O) groups is 1. The molecule has 9 heavy (non-hydrogen) atoms. The average Bonchev–Trinajstić information content (AvgIpc) is 2.14. The van der Waals surface area contributed by atoms with E-state index in [1.54, 1.807) is 0 Å². The molecule has 1 fully saturated rings. The third-order valence-corrected chi connectivity index (χ3v) is 2.23. The molecule has 2 nitrogen and oxygen atoms in total. The number of cyclic esters (lactones) is 1. The van der Waals surface area contributed by atoms with Crippen LogP contribution in [0.4, 0.5) is 0 Å². The van der Waals surface area contributed by atoms with Gasteiger partial charge in [-0.2, -0.15) is 0 Å². The number of hydrogen-bond donors (Lipinski definition) is 0. The van der Waals surface area contributed by atoms with E-state index in [1.165, 1.54) is 0 Å². The highest BCUT2D eigenvalue weighted by molar-refractivity contribution is 14.1. The van der Waals surface area contributed by atoms with Crippen molar-refractivity contribution in [2.75, 3.05) is 0 Å². The van der Waals surface area contributed by atoms with Crippen molar-refractivity contribution >= 4 is 28.6 Å². The Kier molecular flexibility index (Phi) is 2.32. The Hall–Kier alpha value is 0.200. The predicted octanol–water partition coefficient (Wildman–Crippen LogP) is 1.52. The van der Waals surface area contributed by atoms with Crippen molar-refractivity contribution in [2.45, 2.75) is 29.8 Å². The maximum absolute atomic E-state index is 10.5. The van der Waals surface area contributed by atoms with Crippen LogP contribution in [0.5, 0.6) is 0 Å². The summed E-state index contributed by atoms with van der Waals surface area (Å²) in [6, 6.07) is 0. The molecule has 1 rings (SSSR count). The Labute approximate surface area is 68.1 Å². The van der Waals surface area contributed by atoms with Crippen molar-refractivity contribution in [1.29, 1.82) is 0 Å². The van der Waals surface area contributed by atoms with E-state index in [4.69, 9.17) is 4.74 Å². The zero-order chi connectivity index (χ0) is 6.85. The molecule has 2 unspecified atom stereocenters. The van der Waals surface area contributed by atoms with Crippen molar-refractivity contribution < 1.29 is 9.53 Å². The van der Waals surface area contributed by atoms with E-state index in [1.807, 2.05) is 0 Å². The molecule has 0 spiro atoms. The SMILES string of the molecule is CC(I)C1CCC(=O)O1. The summed E-state index contributed by atoms with van der Waals surface area (Å²) in [5, 5.41) is 0. The molecule has 52 valence electrons. The van der Waals surface area contributed by atoms with Crippen LogP contribution in [0.15, 0.2) is 0 Å². The van der Waals surface area contributed by atoms with E-state index >= 15 is 0 Å². The minimum absolute atomic E-state index is 0.0384. The zero-order valence-electron chi connectivity index (χ0n) is 5.26. The van der Waals surface area contributed by atoms with Gasteiger partial charge in [-0.15, -0.1) is 0 Å². The van der Waals surface area contributed by atoms with Crippen LogP contribution in [-0.2, 0) is 9.53 Å². The average molecular weight is 240 g/mol. The fourth-order valence-electron chi connectivity index (χ4n) is 0.870. The molecule has 3 heteroatoms. The second kappa shape index (κ2) is 2.86. The zero-order valence-corrected chi connectivity index (χ0v) is 7.42. The first-order chi connectivity index (χ1) is 4.20. The van der Waals surface area contributed by atoms with Gasteiger partial charge in [0.25, 0.3) is 0 Å². The first kappa shape index (κ1) is 7.31. The molecule has 0 N–H and O–H groups in total. The molecule has 0 aromatic rings. The molecule has 1 saturated heterocycles. The van der Waals surface area contributed by atoms with Gasteiger partial charge in [0.1, 0.15) is 6.10 Å². The molecule has 0 saturated carbocycles.